The summed E-state index contributed by atoms with van der Waals surface area (Å²) in [7, 11) is 0. The third-order valence-corrected chi connectivity index (χ3v) is 2.96. The molecular weight excluding hydrogens is 332 g/mol. The van der Waals surface area contributed by atoms with Crippen molar-refractivity contribution in [2.24, 2.45) is 0 Å². The number of hydrogen-bond donors (Lipinski definition) is 2. The first-order chi connectivity index (χ1) is 9.83. The average molecular weight is 349 g/mol. The lowest BCUT2D eigenvalue weighted by Gasteiger charge is -2.20. The van der Waals surface area contributed by atoms with Crippen LogP contribution in [0.2, 0.25) is 0 Å². The minimum atomic E-state index is -0.289. The molecule has 0 bridgehead atoms. The molecule has 0 aliphatic rings. The van der Waals surface area contributed by atoms with E-state index in [2.05, 4.69) is 36.5 Å². The van der Waals surface area contributed by atoms with Crippen molar-refractivity contribution in [1.29, 1.82) is 0 Å². The molecule has 6 heteroatoms. The molecule has 2 N–H and O–H groups in total. The van der Waals surface area contributed by atoms with Gasteiger partial charge < -0.3 is 10.6 Å². The van der Waals surface area contributed by atoms with E-state index in [1.54, 1.807) is 6.20 Å². The Morgan fingerprint density at radius 3 is 2.52 bits per heavy atom. The lowest BCUT2D eigenvalue weighted by molar-refractivity contribution is 0.102. The van der Waals surface area contributed by atoms with Crippen molar-refractivity contribution < 1.29 is 4.79 Å². The maximum atomic E-state index is 12.1. The number of nitrogens with one attached hydrogen (secondary N) is 2. The zero-order chi connectivity index (χ0) is 15.5. The van der Waals surface area contributed by atoms with E-state index in [4.69, 9.17) is 0 Å². The van der Waals surface area contributed by atoms with Crippen molar-refractivity contribution >= 4 is 33.3 Å². The summed E-state index contributed by atoms with van der Waals surface area (Å²) < 4.78 is 0.899. The zero-order valence-electron chi connectivity index (χ0n) is 12.1. The van der Waals surface area contributed by atoms with Crippen molar-refractivity contribution in [3.8, 4) is 0 Å². The number of nitrogens with zero attached hydrogens (tertiary/aromatic N) is 2. The van der Waals surface area contributed by atoms with Crippen molar-refractivity contribution in [2.45, 2.75) is 26.3 Å². The quantitative estimate of drug-likeness (QED) is 0.887. The Hall–Kier alpha value is -1.95. The highest BCUT2D eigenvalue weighted by atomic mass is 79.9. The van der Waals surface area contributed by atoms with Crippen LogP contribution in [-0.4, -0.2) is 21.4 Å². The summed E-state index contributed by atoms with van der Waals surface area (Å²) >= 11 is 3.36. The molecule has 2 aromatic rings. The minimum Gasteiger partial charge on any atom is -0.364 e. The molecule has 1 amide bonds. The van der Waals surface area contributed by atoms with Crippen LogP contribution < -0.4 is 10.6 Å². The van der Waals surface area contributed by atoms with Crippen molar-refractivity contribution in [3.63, 3.8) is 0 Å². The summed E-state index contributed by atoms with van der Waals surface area (Å²) in [5.74, 6) is 0.351. The number of amides is 1. The second-order valence-corrected chi connectivity index (χ2v) is 6.54. The smallest absolute Gasteiger partial charge is 0.275 e. The van der Waals surface area contributed by atoms with Gasteiger partial charge in [-0.25, -0.2) is 9.97 Å². The van der Waals surface area contributed by atoms with Gasteiger partial charge in [0, 0.05) is 15.7 Å². The van der Waals surface area contributed by atoms with Gasteiger partial charge in [-0.3, -0.25) is 4.79 Å². The molecule has 1 aromatic heterocycles. The van der Waals surface area contributed by atoms with E-state index < -0.39 is 0 Å². The van der Waals surface area contributed by atoms with E-state index in [0.29, 0.717) is 11.5 Å². The lowest BCUT2D eigenvalue weighted by Crippen LogP contribution is -2.27. The van der Waals surface area contributed by atoms with Crippen LogP contribution in [0.25, 0.3) is 0 Å². The van der Waals surface area contributed by atoms with Crippen LogP contribution in [-0.2, 0) is 0 Å². The predicted molar refractivity (Wildman–Crippen MR) is 87.5 cm³/mol. The van der Waals surface area contributed by atoms with Gasteiger partial charge in [0.05, 0.1) is 12.4 Å². The monoisotopic (exact) mass is 348 g/mol. The van der Waals surface area contributed by atoms with E-state index in [9.17, 15) is 4.79 Å². The fourth-order valence-electron chi connectivity index (χ4n) is 1.66. The van der Waals surface area contributed by atoms with Crippen LogP contribution in [0.1, 0.15) is 31.3 Å². The molecule has 0 saturated heterocycles. The zero-order valence-corrected chi connectivity index (χ0v) is 13.7. The number of hydrogen-bond acceptors (Lipinski definition) is 4. The maximum Gasteiger partial charge on any atom is 0.275 e. The molecule has 1 heterocycles. The van der Waals surface area contributed by atoms with Gasteiger partial charge in [0.1, 0.15) is 11.5 Å². The molecule has 21 heavy (non-hydrogen) atoms. The van der Waals surface area contributed by atoms with Crippen LogP contribution in [0.4, 0.5) is 11.5 Å². The predicted octanol–water partition coefficient (Wildman–Crippen LogP) is 3.70. The number of halogens is 1. The van der Waals surface area contributed by atoms with Crippen LogP contribution >= 0.6 is 15.9 Å². The van der Waals surface area contributed by atoms with Gasteiger partial charge in [-0.1, -0.05) is 22.0 Å². The second-order valence-electron chi connectivity index (χ2n) is 5.63. The second kappa shape index (κ2) is 6.22. The molecule has 2 rings (SSSR count). The summed E-state index contributed by atoms with van der Waals surface area (Å²) in [6, 6.07) is 7.37. The molecule has 0 atom stereocenters. The molecule has 0 aliphatic carbocycles. The normalized spacial score (nSPS) is 11.0. The summed E-state index contributed by atoms with van der Waals surface area (Å²) in [6.07, 6.45) is 3.02. The number of anilines is 2. The number of benzene rings is 1. The Morgan fingerprint density at radius 1 is 1.19 bits per heavy atom. The number of carbonyl (C=O) groups is 1. The standard InChI is InChI=1S/C15H17BrN4O/c1-15(2,3)20-13-9-17-12(8-18-13)14(21)19-11-6-4-5-10(16)7-11/h4-9H,1-3H3,(H,18,20)(H,19,21). The first-order valence-electron chi connectivity index (χ1n) is 6.51. The highest BCUT2D eigenvalue weighted by Crippen LogP contribution is 2.16. The van der Waals surface area contributed by atoms with Crippen molar-refractivity contribution in [1.82, 2.24) is 9.97 Å². The Bertz CT molecular complexity index is 635. The van der Waals surface area contributed by atoms with E-state index in [0.717, 1.165) is 4.47 Å². The van der Waals surface area contributed by atoms with Crippen LogP contribution in [0.3, 0.4) is 0 Å². The fourth-order valence-corrected chi connectivity index (χ4v) is 2.05. The Balaban J connectivity index is 2.06. The van der Waals surface area contributed by atoms with Crippen LogP contribution in [0, 0.1) is 0 Å². The Labute approximate surface area is 132 Å². The molecule has 5 nitrogen and oxygen atoms in total. The van der Waals surface area contributed by atoms with Gasteiger partial charge in [-0.2, -0.15) is 0 Å². The molecule has 0 aliphatic heterocycles. The molecule has 0 saturated carbocycles. The molecule has 0 spiro atoms. The summed E-state index contributed by atoms with van der Waals surface area (Å²) in [5.41, 5.74) is 0.872. The summed E-state index contributed by atoms with van der Waals surface area (Å²) in [5, 5.41) is 5.97. The lowest BCUT2D eigenvalue weighted by atomic mass is 10.1. The highest BCUT2D eigenvalue weighted by Gasteiger charge is 2.12. The minimum absolute atomic E-state index is 0.102. The van der Waals surface area contributed by atoms with Gasteiger partial charge in [0.15, 0.2) is 0 Å². The Morgan fingerprint density at radius 2 is 1.95 bits per heavy atom. The van der Waals surface area contributed by atoms with Gasteiger partial charge >= 0.3 is 0 Å². The molecule has 0 fully saturated rings. The SMILES string of the molecule is CC(C)(C)Nc1cnc(C(=O)Nc2cccc(Br)c2)cn1. The van der Waals surface area contributed by atoms with E-state index >= 15 is 0 Å². The van der Waals surface area contributed by atoms with Gasteiger partial charge in [-0.15, -0.1) is 0 Å². The van der Waals surface area contributed by atoms with E-state index in [-0.39, 0.29) is 17.1 Å². The summed E-state index contributed by atoms with van der Waals surface area (Å²) in [4.78, 5) is 20.4. The topological polar surface area (TPSA) is 66.9 Å². The highest BCUT2D eigenvalue weighted by molar-refractivity contribution is 9.10. The Kier molecular flexibility index (Phi) is 4.57. The van der Waals surface area contributed by atoms with Gasteiger partial charge in [0.2, 0.25) is 0 Å². The average Bonchev–Trinajstić information content (AvgIpc) is 2.37. The van der Waals surface area contributed by atoms with E-state index in [1.807, 2.05) is 45.0 Å². The van der Waals surface area contributed by atoms with Crippen molar-refractivity contribution in [2.75, 3.05) is 10.6 Å². The third-order valence-electron chi connectivity index (χ3n) is 2.47. The number of aromatic nitrogens is 2. The van der Waals surface area contributed by atoms with Gasteiger partial charge in [0.25, 0.3) is 5.91 Å². The molecule has 110 valence electrons. The number of carbonyl (C=O) groups excluding carboxylic acids is 1. The summed E-state index contributed by atoms with van der Waals surface area (Å²) in [6.45, 7) is 6.09. The largest absolute Gasteiger partial charge is 0.364 e. The molecular formula is C15H17BrN4O. The fraction of sp³-hybridized carbons (Fsp3) is 0.267. The molecule has 0 unspecified atom stereocenters. The molecule has 0 radical (unpaired) electrons. The third kappa shape index (κ3) is 4.82. The number of rotatable bonds is 3. The molecule has 1 aromatic carbocycles. The van der Waals surface area contributed by atoms with E-state index in [1.165, 1.54) is 6.20 Å². The van der Waals surface area contributed by atoms with Gasteiger partial charge in [-0.05, 0) is 39.0 Å². The van der Waals surface area contributed by atoms with Crippen LogP contribution in [0.5, 0.6) is 0 Å². The maximum absolute atomic E-state index is 12.1. The van der Waals surface area contributed by atoms with Crippen molar-refractivity contribution in [3.05, 3.63) is 46.8 Å². The first-order valence-corrected chi connectivity index (χ1v) is 7.30. The van der Waals surface area contributed by atoms with Crippen LogP contribution in [0.15, 0.2) is 41.1 Å². The first kappa shape index (κ1) is 15.4.